The van der Waals surface area contributed by atoms with Crippen LogP contribution in [-0.4, -0.2) is 33.4 Å². The van der Waals surface area contributed by atoms with Crippen molar-refractivity contribution in [3.63, 3.8) is 0 Å². The van der Waals surface area contributed by atoms with Gasteiger partial charge in [-0.2, -0.15) is 0 Å². The van der Waals surface area contributed by atoms with Gasteiger partial charge in [0.15, 0.2) is 0 Å². The van der Waals surface area contributed by atoms with Crippen LogP contribution in [0.25, 0.3) is 0 Å². The first-order valence-electron chi connectivity index (χ1n) is 6.84. The van der Waals surface area contributed by atoms with Crippen LogP contribution in [0.5, 0.6) is 0 Å². The molecule has 1 aromatic rings. The Balaban J connectivity index is 2.06. The second kappa shape index (κ2) is 6.21. The molecule has 0 saturated carbocycles. The third-order valence-corrected chi connectivity index (χ3v) is 3.91. The van der Waals surface area contributed by atoms with E-state index in [9.17, 15) is 0 Å². The van der Waals surface area contributed by atoms with Crippen molar-refractivity contribution in [1.82, 2.24) is 5.32 Å². The molecule has 0 amide bonds. The number of benzene rings is 1. The van der Waals surface area contributed by atoms with E-state index in [1.165, 1.54) is 11.3 Å². The van der Waals surface area contributed by atoms with E-state index >= 15 is 0 Å². The summed E-state index contributed by atoms with van der Waals surface area (Å²) in [4.78, 5) is 2.33. The number of likely N-dealkylation sites (N-methyl/N-ethyl adjacent to an activating group) is 1. The fourth-order valence-corrected chi connectivity index (χ4v) is 2.59. The predicted molar refractivity (Wildman–Crippen MR) is 76.2 cm³/mol. The summed E-state index contributed by atoms with van der Waals surface area (Å²) in [6, 6.07) is 9.88. The van der Waals surface area contributed by atoms with E-state index in [4.69, 9.17) is 4.74 Å². The SMILES string of the molecule is CCC(NC)c1ccc(N(C)C2CCOC2)cc1. The van der Waals surface area contributed by atoms with E-state index in [0.29, 0.717) is 12.1 Å². The quantitative estimate of drug-likeness (QED) is 0.867. The molecule has 0 bridgehead atoms. The van der Waals surface area contributed by atoms with Gasteiger partial charge in [-0.1, -0.05) is 19.1 Å². The van der Waals surface area contributed by atoms with Crippen LogP contribution in [0, 0.1) is 0 Å². The van der Waals surface area contributed by atoms with E-state index in [2.05, 4.69) is 48.5 Å². The molecule has 2 atom stereocenters. The fourth-order valence-electron chi connectivity index (χ4n) is 2.59. The molecular formula is C15H24N2O. The normalized spacial score (nSPS) is 20.9. The van der Waals surface area contributed by atoms with Crippen molar-refractivity contribution in [3.05, 3.63) is 29.8 Å². The lowest BCUT2D eigenvalue weighted by molar-refractivity contribution is 0.193. The van der Waals surface area contributed by atoms with E-state index in [0.717, 1.165) is 26.1 Å². The molecule has 3 heteroatoms. The van der Waals surface area contributed by atoms with Crippen molar-refractivity contribution >= 4 is 5.69 Å². The molecule has 0 spiro atoms. The van der Waals surface area contributed by atoms with Gasteiger partial charge in [-0.15, -0.1) is 0 Å². The van der Waals surface area contributed by atoms with Crippen LogP contribution >= 0.6 is 0 Å². The minimum atomic E-state index is 0.458. The van der Waals surface area contributed by atoms with Crippen LogP contribution < -0.4 is 10.2 Å². The standard InChI is InChI=1S/C15H24N2O/c1-4-15(16-2)12-5-7-13(8-6-12)17(3)14-9-10-18-11-14/h5-8,14-16H,4,9-11H2,1-3H3. The number of ether oxygens (including phenoxy) is 1. The molecule has 1 saturated heterocycles. The van der Waals surface area contributed by atoms with Gasteiger partial charge in [0.25, 0.3) is 0 Å². The molecule has 1 N–H and O–H groups in total. The summed E-state index contributed by atoms with van der Waals surface area (Å²) < 4.78 is 5.44. The molecule has 1 aliphatic rings. The minimum absolute atomic E-state index is 0.458. The van der Waals surface area contributed by atoms with Crippen molar-refractivity contribution in [3.8, 4) is 0 Å². The number of nitrogens with one attached hydrogen (secondary N) is 1. The van der Waals surface area contributed by atoms with Gasteiger partial charge < -0.3 is 15.0 Å². The lowest BCUT2D eigenvalue weighted by Gasteiger charge is -2.26. The van der Waals surface area contributed by atoms with Crippen molar-refractivity contribution in [2.45, 2.75) is 31.8 Å². The Kier molecular flexibility index (Phi) is 4.61. The van der Waals surface area contributed by atoms with Gasteiger partial charge in [-0.05, 0) is 37.6 Å². The smallest absolute Gasteiger partial charge is 0.0670 e. The monoisotopic (exact) mass is 248 g/mol. The first-order chi connectivity index (χ1) is 8.76. The molecule has 0 aliphatic carbocycles. The highest BCUT2D eigenvalue weighted by Gasteiger charge is 2.20. The van der Waals surface area contributed by atoms with E-state index in [1.807, 2.05) is 7.05 Å². The van der Waals surface area contributed by atoms with E-state index < -0.39 is 0 Å². The zero-order valence-corrected chi connectivity index (χ0v) is 11.6. The first kappa shape index (κ1) is 13.4. The third kappa shape index (κ3) is 2.85. The molecule has 18 heavy (non-hydrogen) atoms. The summed E-state index contributed by atoms with van der Waals surface area (Å²) in [5.74, 6) is 0. The highest BCUT2D eigenvalue weighted by atomic mass is 16.5. The van der Waals surface area contributed by atoms with Crippen molar-refractivity contribution < 1.29 is 4.74 Å². The Morgan fingerprint density at radius 2 is 2.11 bits per heavy atom. The summed E-state index contributed by atoms with van der Waals surface area (Å²) in [6.45, 7) is 3.95. The maximum absolute atomic E-state index is 5.44. The highest BCUT2D eigenvalue weighted by Crippen LogP contribution is 2.23. The summed E-state index contributed by atoms with van der Waals surface area (Å²) >= 11 is 0. The Bertz CT molecular complexity index is 353. The highest BCUT2D eigenvalue weighted by molar-refractivity contribution is 5.48. The molecule has 2 unspecified atom stereocenters. The number of hydrogen-bond acceptors (Lipinski definition) is 3. The van der Waals surface area contributed by atoms with Crippen molar-refractivity contribution in [2.75, 3.05) is 32.2 Å². The molecule has 1 aromatic carbocycles. The van der Waals surface area contributed by atoms with Crippen molar-refractivity contribution in [2.24, 2.45) is 0 Å². The zero-order chi connectivity index (χ0) is 13.0. The lowest BCUT2D eigenvalue weighted by atomic mass is 10.0. The summed E-state index contributed by atoms with van der Waals surface area (Å²) in [7, 11) is 4.17. The van der Waals surface area contributed by atoms with Gasteiger partial charge in [-0.25, -0.2) is 0 Å². The maximum atomic E-state index is 5.44. The molecule has 3 nitrogen and oxygen atoms in total. The van der Waals surface area contributed by atoms with Crippen LogP contribution in [0.3, 0.4) is 0 Å². The maximum Gasteiger partial charge on any atom is 0.0670 e. The molecule has 0 aromatic heterocycles. The zero-order valence-electron chi connectivity index (χ0n) is 11.6. The Morgan fingerprint density at radius 3 is 2.61 bits per heavy atom. The van der Waals surface area contributed by atoms with Gasteiger partial charge >= 0.3 is 0 Å². The average molecular weight is 248 g/mol. The van der Waals surface area contributed by atoms with Crippen LogP contribution in [0.2, 0.25) is 0 Å². The minimum Gasteiger partial charge on any atom is -0.379 e. The van der Waals surface area contributed by atoms with Gasteiger partial charge in [-0.3, -0.25) is 0 Å². The second-order valence-corrected chi connectivity index (χ2v) is 4.97. The van der Waals surface area contributed by atoms with E-state index in [-0.39, 0.29) is 0 Å². The van der Waals surface area contributed by atoms with Crippen LogP contribution in [-0.2, 0) is 4.74 Å². The Morgan fingerprint density at radius 1 is 1.39 bits per heavy atom. The summed E-state index contributed by atoms with van der Waals surface area (Å²) in [5.41, 5.74) is 2.64. The van der Waals surface area contributed by atoms with Gasteiger partial charge in [0.1, 0.15) is 0 Å². The fraction of sp³-hybridized carbons (Fsp3) is 0.600. The van der Waals surface area contributed by atoms with Gasteiger partial charge in [0.2, 0.25) is 0 Å². The molecule has 100 valence electrons. The summed E-state index contributed by atoms with van der Waals surface area (Å²) in [6.07, 6.45) is 2.24. The van der Waals surface area contributed by atoms with Crippen LogP contribution in [0.1, 0.15) is 31.4 Å². The van der Waals surface area contributed by atoms with E-state index in [1.54, 1.807) is 0 Å². The summed E-state index contributed by atoms with van der Waals surface area (Å²) in [5, 5.41) is 3.34. The molecule has 1 aliphatic heterocycles. The first-order valence-corrected chi connectivity index (χ1v) is 6.84. The average Bonchev–Trinajstić information content (AvgIpc) is 2.94. The van der Waals surface area contributed by atoms with Gasteiger partial charge in [0.05, 0.1) is 12.6 Å². The molecule has 1 fully saturated rings. The number of anilines is 1. The second-order valence-electron chi connectivity index (χ2n) is 4.97. The topological polar surface area (TPSA) is 24.5 Å². The molecular weight excluding hydrogens is 224 g/mol. The number of nitrogens with zero attached hydrogens (tertiary/aromatic N) is 1. The Labute approximate surface area is 110 Å². The predicted octanol–water partition coefficient (Wildman–Crippen LogP) is 2.58. The molecule has 0 radical (unpaired) electrons. The number of rotatable bonds is 5. The Hall–Kier alpha value is -1.06. The third-order valence-electron chi connectivity index (χ3n) is 3.91. The molecule has 2 rings (SSSR count). The van der Waals surface area contributed by atoms with Crippen LogP contribution in [0.15, 0.2) is 24.3 Å². The van der Waals surface area contributed by atoms with Crippen molar-refractivity contribution in [1.29, 1.82) is 0 Å². The largest absolute Gasteiger partial charge is 0.379 e. The molecule has 1 heterocycles. The van der Waals surface area contributed by atoms with Gasteiger partial charge in [0, 0.05) is 25.4 Å². The number of hydrogen-bond donors (Lipinski definition) is 1. The van der Waals surface area contributed by atoms with Crippen LogP contribution in [0.4, 0.5) is 5.69 Å². The lowest BCUT2D eigenvalue weighted by Crippen LogP contribution is -2.31.